The number of hydrogen-bond acceptors (Lipinski definition) is 15. The average molecular weight is 1460 g/mol. The molecule has 0 aromatic heterocycles. The molecule has 0 radical (unpaired) electrons. The van der Waals surface area contributed by atoms with Gasteiger partial charge in [-0.1, -0.05) is 346 Å². The average Bonchev–Trinajstić information content (AvgIpc) is 1.93. The van der Waals surface area contributed by atoms with Crippen LogP contribution in [0.3, 0.4) is 0 Å². The highest BCUT2D eigenvalue weighted by atomic mass is 31.2. The second-order valence-electron chi connectivity index (χ2n) is 27.7. The zero-order valence-electron chi connectivity index (χ0n) is 64.1. The normalized spacial score (nSPS) is 14.1. The Balaban J connectivity index is 5.33. The summed E-state index contributed by atoms with van der Waals surface area (Å²) in [7, 11) is -9.94. The first-order chi connectivity index (χ1) is 48.7. The van der Waals surface area contributed by atoms with Crippen molar-refractivity contribution in [3.63, 3.8) is 0 Å². The van der Waals surface area contributed by atoms with Gasteiger partial charge in [0.1, 0.15) is 19.3 Å². The molecule has 17 nitrogen and oxygen atoms in total. The SMILES string of the molecule is CCCCC/C=C\C/C=C\C/C=C\C/C=C\CCCC(=O)OC[C@H](COP(=O)(O)OC[C@@H](O)COP(=O)(O)OC[C@@H](COC(=O)CCCCCCCCCCCCCCC)OC(=O)CCCCCCCCCCCCCCCCCCC)OC(=O)CCCCCCCCCCCCCCC. The molecular weight excluding hydrogens is 1310 g/mol. The topological polar surface area (TPSA) is 237 Å². The highest BCUT2D eigenvalue weighted by Gasteiger charge is 2.30. The van der Waals surface area contributed by atoms with Crippen molar-refractivity contribution in [3.05, 3.63) is 48.6 Å². The van der Waals surface area contributed by atoms with Gasteiger partial charge < -0.3 is 33.8 Å². The molecule has 0 aromatic rings. The first-order valence-corrected chi connectivity index (χ1v) is 43.9. The lowest BCUT2D eigenvalue weighted by Crippen LogP contribution is -2.30. The van der Waals surface area contributed by atoms with Crippen molar-refractivity contribution >= 4 is 39.5 Å². The van der Waals surface area contributed by atoms with E-state index in [-0.39, 0.29) is 25.7 Å². The number of rotatable bonds is 78. The molecule has 0 bridgehead atoms. The van der Waals surface area contributed by atoms with E-state index >= 15 is 0 Å². The van der Waals surface area contributed by atoms with Crippen LogP contribution in [0.5, 0.6) is 0 Å². The Hall–Kier alpha value is -2.98. The van der Waals surface area contributed by atoms with Gasteiger partial charge in [-0.2, -0.15) is 0 Å². The van der Waals surface area contributed by atoms with E-state index < -0.39 is 97.5 Å². The Morgan fingerprint density at radius 2 is 0.500 bits per heavy atom. The van der Waals surface area contributed by atoms with Crippen LogP contribution in [0.25, 0.3) is 0 Å². The molecule has 0 aliphatic carbocycles. The summed E-state index contributed by atoms with van der Waals surface area (Å²) >= 11 is 0. The van der Waals surface area contributed by atoms with Gasteiger partial charge >= 0.3 is 39.5 Å². The summed E-state index contributed by atoms with van der Waals surface area (Å²) in [4.78, 5) is 73.0. The van der Waals surface area contributed by atoms with Gasteiger partial charge in [0.05, 0.1) is 26.4 Å². The van der Waals surface area contributed by atoms with Crippen LogP contribution in [0.15, 0.2) is 48.6 Å². The number of ether oxygens (including phenoxy) is 4. The molecule has 0 saturated heterocycles. The molecule has 586 valence electrons. The number of carbonyl (C=O) groups excluding carboxylic acids is 4. The minimum absolute atomic E-state index is 0.0909. The van der Waals surface area contributed by atoms with Crippen molar-refractivity contribution in [3.8, 4) is 0 Å². The number of aliphatic hydroxyl groups excluding tert-OH is 1. The predicted octanol–water partition coefficient (Wildman–Crippen LogP) is 23.7. The molecule has 0 aliphatic rings. The summed E-state index contributed by atoms with van der Waals surface area (Å²) in [5.41, 5.74) is 0. The standard InChI is InChI=1S/C81H150O17P2/c1-5-9-13-17-21-25-29-33-35-37-39-43-46-50-54-58-62-66-79(84)92-72-76(97-80(85)67-63-59-55-51-47-42-32-28-24-20-16-12-8-4)73-95-99(87,88)93-69-75(82)70-94-100(89,90)96-74-77(71-91-78(83)65-61-57-53-49-45-41-31-27-23-19-15-11-7-3)98-81(86)68-64-60-56-52-48-44-40-38-36-34-30-26-22-18-14-10-6-2/h21,25,33,35,39,43,50,54,75-77,82H,5-20,22-24,26-32,34,36-38,40-42,44-49,51-53,55-74H2,1-4H3,(H,87,88)(H,89,90)/b25-21-,35-33-,43-39-,54-50-/t75-,76-,77-/m1/s1. The van der Waals surface area contributed by atoms with E-state index in [1.807, 2.05) is 12.2 Å². The molecule has 0 aromatic carbocycles. The number of allylic oxidation sites excluding steroid dienone is 8. The number of unbranched alkanes of at least 4 members (excludes halogenated alkanes) is 44. The summed E-state index contributed by atoms with van der Waals surface area (Å²) in [6.45, 7) is 4.89. The second-order valence-corrected chi connectivity index (χ2v) is 30.6. The summed E-state index contributed by atoms with van der Waals surface area (Å²) < 4.78 is 68.6. The van der Waals surface area contributed by atoms with Gasteiger partial charge in [0.25, 0.3) is 0 Å². The van der Waals surface area contributed by atoms with Gasteiger partial charge in [-0.25, -0.2) is 9.13 Å². The Kier molecular flexibility index (Phi) is 72.1. The number of phosphoric ester groups is 2. The van der Waals surface area contributed by atoms with Crippen molar-refractivity contribution in [1.29, 1.82) is 0 Å². The molecule has 0 spiro atoms. The molecule has 0 saturated carbocycles. The summed E-state index contributed by atoms with van der Waals surface area (Å²) in [5, 5.41) is 10.6. The molecule has 0 heterocycles. The Morgan fingerprint density at radius 1 is 0.280 bits per heavy atom. The van der Waals surface area contributed by atoms with E-state index in [4.69, 9.17) is 37.0 Å². The third kappa shape index (κ3) is 73.3. The van der Waals surface area contributed by atoms with E-state index in [0.717, 1.165) is 96.3 Å². The zero-order chi connectivity index (χ0) is 73.2. The van der Waals surface area contributed by atoms with Gasteiger partial charge in [-0.3, -0.25) is 37.3 Å². The van der Waals surface area contributed by atoms with Crippen molar-refractivity contribution in [2.75, 3.05) is 39.6 Å². The van der Waals surface area contributed by atoms with Crippen molar-refractivity contribution in [1.82, 2.24) is 0 Å². The van der Waals surface area contributed by atoms with Crippen LogP contribution in [0.1, 0.15) is 387 Å². The van der Waals surface area contributed by atoms with Crippen LogP contribution in [-0.2, 0) is 65.4 Å². The Morgan fingerprint density at radius 3 is 0.790 bits per heavy atom. The molecule has 0 fully saturated rings. The fraction of sp³-hybridized carbons (Fsp3) is 0.852. The van der Waals surface area contributed by atoms with E-state index in [1.165, 1.54) is 205 Å². The summed E-state index contributed by atoms with van der Waals surface area (Å²) in [6, 6.07) is 0. The van der Waals surface area contributed by atoms with Crippen molar-refractivity contribution in [2.24, 2.45) is 0 Å². The molecular formula is C81H150O17P2. The van der Waals surface area contributed by atoms with Gasteiger partial charge in [-0.05, 0) is 64.2 Å². The molecule has 3 N–H and O–H groups in total. The van der Waals surface area contributed by atoms with Crippen LogP contribution in [0.2, 0.25) is 0 Å². The lowest BCUT2D eigenvalue weighted by atomic mass is 10.0. The largest absolute Gasteiger partial charge is 0.472 e. The number of esters is 4. The number of phosphoric acid groups is 2. The van der Waals surface area contributed by atoms with E-state index in [1.54, 1.807) is 0 Å². The monoisotopic (exact) mass is 1460 g/mol. The minimum Gasteiger partial charge on any atom is -0.462 e. The molecule has 0 rings (SSSR count). The van der Waals surface area contributed by atoms with Gasteiger partial charge in [0, 0.05) is 25.7 Å². The molecule has 100 heavy (non-hydrogen) atoms. The van der Waals surface area contributed by atoms with Crippen molar-refractivity contribution in [2.45, 2.75) is 406 Å². The second kappa shape index (κ2) is 74.3. The third-order valence-electron chi connectivity index (χ3n) is 17.8. The van der Waals surface area contributed by atoms with Crippen LogP contribution in [-0.4, -0.2) is 96.7 Å². The number of hydrogen-bond donors (Lipinski definition) is 3. The van der Waals surface area contributed by atoms with Gasteiger partial charge in [0.15, 0.2) is 12.2 Å². The highest BCUT2D eigenvalue weighted by Crippen LogP contribution is 2.45. The fourth-order valence-corrected chi connectivity index (χ4v) is 13.1. The zero-order valence-corrected chi connectivity index (χ0v) is 65.9. The summed E-state index contributed by atoms with van der Waals surface area (Å²) in [5.74, 6) is -2.19. The first-order valence-electron chi connectivity index (χ1n) is 40.9. The maximum atomic E-state index is 13.1. The molecule has 19 heteroatoms. The number of carbonyl (C=O) groups is 4. The van der Waals surface area contributed by atoms with E-state index in [9.17, 15) is 43.2 Å². The van der Waals surface area contributed by atoms with Gasteiger partial charge in [0.2, 0.25) is 0 Å². The van der Waals surface area contributed by atoms with E-state index in [2.05, 4.69) is 64.2 Å². The Bertz CT molecular complexity index is 2080. The number of aliphatic hydroxyl groups is 1. The lowest BCUT2D eigenvalue weighted by Gasteiger charge is -2.21. The highest BCUT2D eigenvalue weighted by molar-refractivity contribution is 7.47. The quantitative estimate of drug-likeness (QED) is 0.0169. The minimum atomic E-state index is -4.98. The third-order valence-corrected chi connectivity index (χ3v) is 19.7. The molecule has 5 atom stereocenters. The maximum Gasteiger partial charge on any atom is 0.472 e. The smallest absolute Gasteiger partial charge is 0.462 e. The van der Waals surface area contributed by atoms with Crippen LogP contribution in [0, 0.1) is 0 Å². The van der Waals surface area contributed by atoms with E-state index in [0.29, 0.717) is 32.1 Å². The molecule has 0 aliphatic heterocycles. The van der Waals surface area contributed by atoms with Crippen LogP contribution >= 0.6 is 15.6 Å². The molecule has 2 unspecified atom stereocenters. The fourth-order valence-electron chi connectivity index (χ4n) is 11.6. The maximum absolute atomic E-state index is 13.1. The predicted molar refractivity (Wildman–Crippen MR) is 409 cm³/mol. The van der Waals surface area contributed by atoms with Gasteiger partial charge in [-0.15, -0.1) is 0 Å². The summed E-state index contributed by atoms with van der Waals surface area (Å²) in [6.07, 6.45) is 72.3. The van der Waals surface area contributed by atoms with Crippen LogP contribution < -0.4 is 0 Å². The van der Waals surface area contributed by atoms with Crippen LogP contribution in [0.4, 0.5) is 0 Å². The first kappa shape index (κ1) is 97.0. The van der Waals surface area contributed by atoms with Crippen molar-refractivity contribution < 1.29 is 80.2 Å². The molecule has 0 amide bonds. The Labute approximate surface area is 610 Å². The lowest BCUT2D eigenvalue weighted by molar-refractivity contribution is -0.161.